The summed E-state index contributed by atoms with van der Waals surface area (Å²) < 4.78 is 0.511. The summed E-state index contributed by atoms with van der Waals surface area (Å²) in [4.78, 5) is 23.8. The molecular formula is C8H8BrNO4. The molecule has 0 amide bonds. The van der Waals surface area contributed by atoms with Crippen molar-refractivity contribution in [1.82, 2.24) is 4.98 Å². The molecule has 1 aromatic heterocycles. The first-order valence-electron chi connectivity index (χ1n) is 3.75. The minimum atomic E-state index is -1.16. The number of carboxylic acids is 2. The molecular weight excluding hydrogens is 254 g/mol. The third kappa shape index (κ3) is 1.95. The number of nitrogens with one attached hydrogen (secondary N) is 1. The molecule has 0 aliphatic heterocycles. The Morgan fingerprint density at radius 2 is 2.00 bits per heavy atom. The fraction of sp³-hybridized carbons (Fsp3) is 0.250. The predicted octanol–water partition coefficient (Wildman–Crippen LogP) is 1.41. The van der Waals surface area contributed by atoms with Crippen LogP contribution in [-0.4, -0.2) is 27.1 Å². The molecule has 1 rings (SSSR count). The van der Waals surface area contributed by atoms with Gasteiger partial charge in [-0.25, -0.2) is 4.79 Å². The summed E-state index contributed by atoms with van der Waals surface area (Å²) in [7, 11) is 0. The molecule has 0 aromatic carbocycles. The largest absolute Gasteiger partial charge is 0.481 e. The lowest BCUT2D eigenvalue weighted by atomic mass is 10.2. The molecule has 0 aliphatic rings. The van der Waals surface area contributed by atoms with Crippen molar-refractivity contribution in [1.29, 1.82) is 0 Å². The maximum Gasteiger partial charge on any atom is 0.352 e. The minimum Gasteiger partial charge on any atom is -0.481 e. The van der Waals surface area contributed by atoms with Crippen molar-refractivity contribution in [3.8, 4) is 0 Å². The standard InChI is InChI=1S/C8H8BrNO4/c1-3-6(9)4(2-5(11)12)7(10-3)8(13)14/h10H,2H2,1H3,(H,11,12)(H,13,14). The van der Waals surface area contributed by atoms with E-state index >= 15 is 0 Å². The highest BCUT2D eigenvalue weighted by Crippen LogP contribution is 2.25. The lowest BCUT2D eigenvalue weighted by molar-refractivity contribution is -0.136. The van der Waals surface area contributed by atoms with E-state index in [0.29, 0.717) is 10.2 Å². The zero-order valence-corrected chi connectivity index (χ0v) is 8.88. The minimum absolute atomic E-state index is 0.0724. The number of aromatic nitrogens is 1. The van der Waals surface area contributed by atoms with Gasteiger partial charge in [-0.2, -0.15) is 0 Å². The van der Waals surface area contributed by atoms with Gasteiger partial charge in [-0.05, 0) is 22.9 Å². The molecule has 0 spiro atoms. The molecule has 0 unspecified atom stereocenters. The van der Waals surface area contributed by atoms with Crippen LogP contribution in [-0.2, 0) is 11.2 Å². The first-order chi connectivity index (χ1) is 6.43. The van der Waals surface area contributed by atoms with E-state index in [1.54, 1.807) is 6.92 Å². The van der Waals surface area contributed by atoms with Crippen molar-refractivity contribution >= 4 is 27.9 Å². The van der Waals surface area contributed by atoms with Crippen molar-refractivity contribution < 1.29 is 19.8 Å². The summed E-state index contributed by atoms with van der Waals surface area (Å²) in [6, 6.07) is 0. The van der Waals surface area contributed by atoms with Crippen LogP contribution in [0.25, 0.3) is 0 Å². The van der Waals surface area contributed by atoms with Crippen LogP contribution in [0.5, 0.6) is 0 Å². The molecule has 0 bridgehead atoms. The van der Waals surface area contributed by atoms with E-state index in [-0.39, 0.29) is 17.7 Å². The number of hydrogen-bond acceptors (Lipinski definition) is 2. The number of aromatic carboxylic acids is 1. The zero-order valence-electron chi connectivity index (χ0n) is 7.30. The summed E-state index contributed by atoms with van der Waals surface area (Å²) >= 11 is 3.14. The average Bonchev–Trinajstić information content (AvgIpc) is 2.32. The molecule has 14 heavy (non-hydrogen) atoms. The van der Waals surface area contributed by atoms with Gasteiger partial charge in [-0.3, -0.25) is 4.79 Å². The summed E-state index contributed by atoms with van der Waals surface area (Å²) in [6.07, 6.45) is -0.313. The second kappa shape index (κ2) is 3.83. The number of halogens is 1. The van der Waals surface area contributed by atoms with Gasteiger partial charge in [0.2, 0.25) is 0 Å². The van der Waals surface area contributed by atoms with E-state index < -0.39 is 11.9 Å². The smallest absolute Gasteiger partial charge is 0.352 e. The number of aryl methyl sites for hydroxylation is 1. The highest BCUT2D eigenvalue weighted by molar-refractivity contribution is 9.10. The first kappa shape index (κ1) is 10.8. The van der Waals surface area contributed by atoms with Crippen LogP contribution in [0.3, 0.4) is 0 Å². The Bertz CT molecular complexity index is 396. The Morgan fingerprint density at radius 1 is 1.43 bits per heavy atom. The van der Waals surface area contributed by atoms with Gasteiger partial charge in [0.25, 0.3) is 0 Å². The van der Waals surface area contributed by atoms with Gasteiger partial charge in [0.05, 0.1) is 6.42 Å². The Morgan fingerprint density at radius 3 is 2.43 bits per heavy atom. The van der Waals surface area contributed by atoms with E-state index in [1.807, 2.05) is 0 Å². The molecule has 0 aliphatic carbocycles. The van der Waals surface area contributed by atoms with Crippen molar-refractivity contribution in [3.63, 3.8) is 0 Å². The lowest BCUT2D eigenvalue weighted by Crippen LogP contribution is -2.06. The van der Waals surface area contributed by atoms with E-state index in [1.165, 1.54) is 0 Å². The van der Waals surface area contributed by atoms with E-state index in [0.717, 1.165) is 0 Å². The molecule has 76 valence electrons. The molecule has 3 N–H and O–H groups in total. The lowest BCUT2D eigenvalue weighted by Gasteiger charge is -1.96. The molecule has 5 nitrogen and oxygen atoms in total. The van der Waals surface area contributed by atoms with Crippen molar-refractivity contribution in [2.75, 3.05) is 0 Å². The third-order valence-electron chi connectivity index (χ3n) is 1.75. The Labute approximate surface area is 87.9 Å². The molecule has 0 saturated carbocycles. The number of H-pyrrole nitrogens is 1. The molecule has 1 aromatic rings. The summed E-state index contributed by atoms with van der Waals surface area (Å²) in [6.45, 7) is 1.67. The monoisotopic (exact) mass is 261 g/mol. The van der Waals surface area contributed by atoms with Crippen LogP contribution < -0.4 is 0 Å². The van der Waals surface area contributed by atoms with Gasteiger partial charge >= 0.3 is 11.9 Å². The molecule has 0 saturated heterocycles. The Hall–Kier alpha value is -1.30. The number of hydrogen-bond donors (Lipinski definition) is 3. The molecule has 0 fully saturated rings. The number of carboxylic acid groups (broad SMARTS) is 2. The van der Waals surface area contributed by atoms with Crippen LogP contribution in [0.4, 0.5) is 0 Å². The van der Waals surface area contributed by atoms with Crippen LogP contribution >= 0.6 is 15.9 Å². The molecule has 1 heterocycles. The van der Waals surface area contributed by atoms with Crippen LogP contribution in [0, 0.1) is 6.92 Å². The SMILES string of the molecule is Cc1[nH]c(C(=O)O)c(CC(=O)O)c1Br. The maximum absolute atomic E-state index is 10.7. The zero-order chi connectivity index (χ0) is 10.9. The maximum atomic E-state index is 10.7. The predicted molar refractivity (Wildman–Crippen MR) is 51.5 cm³/mol. The number of aromatic amines is 1. The summed E-state index contributed by atoms with van der Waals surface area (Å²) in [5, 5.41) is 17.4. The van der Waals surface area contributed by atoms with Gasteiger partial charge < -0.3 is 15.2 Å². The van der Waals surface area contributed by atoms with Crippen LogP contribution in [0.1, 0.15) is 21.7 Å². The van der Waals surface area contributed by atoms with Crippen molar-refractivity contribution in [2.45, 2.75) is 13.3 Å². The molecule has 0 radical (unpaired) electrons. The molecule has 0 atom stereocenters. The van der Waals surface area contributed by atoms with E-state index in [4.69, 9.17) is 10.2 Å². The summed E-state index contributed by atoms with van der Waals surface area (Å²) in [5.74, 6) is -2.22. The van der Waals surface area contributed by atoms with Crippen molar-refractivity contribution in [2.24, 2.45) is 0 Å². The van der Waals surface area contributed by atoms with Crippen LogP contribution in [0.15, 0.2) is 4.47 Å². The van der Waals surface area contributed by atoms with Gasteiger partial charge in [0, 0.05) is 15.7 Å². The van der Waals surface area contributed by atoms with E-state index in [9.17, 15) is 9.59 Å². The Kier molecular flexibility index (Phi) is 2.95. The van der Waals surface area contributed by atoms with Gasteiger partial charge in [0.15, 0.2) is 0 Å². The van der Waals surface area contributed by atoms with Crippen LogP contribution in [0.2, 0.25) is 0 Å². The number of aliphatic carboxylic acids is 1. The fourth-order valence-corrected chi connectivity index (χ4v) is 1.59. The van der Waals surface area contributed by atoms with Gasteiger partial charge in [-0.15, -0.1) is 0 Å². The highest BCUT2D eigenvalue weighted by atomic mass is 79.9. The highest BCUT2D eigenvalue weighted by Gasteiger charge is 2.20. The topological polar surface area (TPSA) is 90.4 Å². The van der Waals surface area contributed by atoms with Gasteiger partial charge in [0.1, 0.15) is 5.69 Å². The number of rotatable bonds is 3. The second-order valence-corrected chi connectivity index (χ2v) is 3.59. The second-order valence-electron chi connectivity index (χ2n) is 2.79. The quantitative estimate of drug-likeness (QED) is 0.768. The van der Waals surface area contributed by atoms with Gasteiger partial charge in [-0.1, -0.05) is 0 Å². The first-order valence-corrected chi connectivity index (χ1v) is 4.54. The summed E-state index contributed by atoms with van der Waals surface area (Å²) in [5.41, 5.74) is 0.804. The number of carbonyl (C=O) groups is 2. The normalized spacial score (nSPS) is 10.1. The molecule has 6 heteroatoms. The van der Waals surface area contributed by atoms with Crippen molar-refractivity contribution in [3.05, 3.63) is 21.4 Å². The average molecular weight is 262 g/mol. The van der Waals surface area contributed by atoms with E-state index in [2.05, 4.69) is 20.9 Å². The fourth-order valence-electron chi connectivity index (χ4n) is 1.15. The third-order valence-corrected chi connectivity index (χ3v) is 2.82. The Balaban J connectivity index is 3.23.